The van der Waals surface area contributed by atoms with Gasteiger partial charge in [-0.25, -0.2) is 22.8 Å². The number of aromatic nitrogens is 2. The van der Waals surface area contributed by atoms with Gasteiger partial charge in [0, 0.05) is 17.7 Å². The third-order valence-corrected chi connectivity index (χ3v) is 6.50. The fourth-order valence-corrected chi connectivity index (χ4v) is 4.24. The first kappa shape index (κ1) is 23.3. The highest BCUT2D eigenvalue weighted by atomic mass is 35.5. The van der Waals surface area contributed by atoms with Crippen molar-refractivity contribution in [3.8, 4) is 0 Å². The van der Waals surface area contributed by atoms with Crippen LogP contribution < -0.4 is 5.32 Å². The summed E-state index contributed by atoms with van der Waals surface area (Å²) in [5.41, 5.74) is 1.09. The number of nitrogens with zero attached hydrogens (tertiary/aromatic N) is 3. The van der Waals surface area contributed by atoms with E-state index < -0.39 is 15.7 Å². The summed E-state index contributed by atoms with van der Waals surface area (Å²) in [7, 11) is 0.401. The van der Waals surface area contributed by atoms with Crippen LogP contribution in [-0.4, -0.2) is 62.9 Å². The lowest BCUT2D eigenvalue weighted by atomic mass is 10.2. The van der Waals surface area contributed by atoms with E-state index in [0.29, 0.717) is 29.0 Å². The molecule has 166 valence electrons. The zero-order chi connectivity index (χ0) is 22.4. The predicted molar refractivity (Wildman–Crippen MR) is 120 cm³/mol. The van der Waals surface area contributed by atoms with E-state index in [1.807, 2.05) is 19.0 Å². The highest BCUT2D eigenvalue weighted by Gasteiger charge is 2.17. The zero-order valence-electron chi connectivity index (χ0n) is 17.3. The maximum Gasteiger partial charge on any atom is 0.180 e. The van der Waals surface area contributed by atoms with E-state index in [4.69, 9.17) is 16.3 Å². The Morgan fingerprint density at radius 2 is 1.94 bits per heavy atom. The fraction of sp³-hybridized carbons (Fsp3) is 0.333. The molecule has 1 aromatic heterocycles. The van der Waals surface area contributed by atoms with Crippen LogP contribution in [0.4, 0.5) is 15.9 Å². The van der Waals surface area contributed by atoms with Gasteiger partial charge in [0.1, 0.15) is 18.0 Å². The normalized spacial score (nSPS) is 11.9. The van der Waals surface area contributed by atoms with E-state index in [1.165, 1.54) is 36.7 Å². The SMILES string of the molecule is CN(C)CCCOCCS(=O)(=O)c1ccc2ncnc(Nc3ccc(F)c(Cl)c3)c2c1. The minimum Gasteiger partial charge on any atom is -0.380 e. The second-order valence-electron chi connectivity index (χ2n) is 7.24. The summed E-state index contributed by atoms with van der Waals surface area (Å²) in [6, 6.07) is 8.87. The van der Waals surface area contributed by atoms with Crippen LogP contribution in [0.3, 0.4) is 0 Å². The van der Waals surface area contributed by atoms with Crippen LogP contribution in [0.15, 0.2) is 47.6 Å². The highest BCUT2D eigenvalue weighted by Crippen LogP contribution is 2.27. The Morgan fingerprint density at radius 3 is 2.68 bits per heavy atom. The average Bonchev–Trinajstić information content (AvgIpc) is 2.73. The second-order valence-corrected chi connectivity index (χ2v) is 9.76. The van der Waals surface area contributed by atoms with Gasteiger partial charge in [-0.2, -0.15) is 0 Å². The molecule has 0 radical (unpaired) electrons. The van der Waals surface area contributed by atoms with Gasteiger partial charge < -0.3 is 15.0 Å². The molecule has 0 unspecified atom stereocenters. The van der Waals surface area contributed by atoms with Gasteiger partial charge >= 0.3 is 0 Å². The van der Waals surface area contributed by atoms with Crippen molar-refractivity contribution in [2.45, 2.75) is 11.3 Å². The van der Waals surface area contributed by atoms with Crippen molar-refractivity contribution in [2.75, 3.05) is 44.9 Å². The number of hydrogen-bond donors (Lipinski definition) is 1. The molecular formula is C21H24ClFN4O3S. The summed E-state index contributed by atoms with van der Waals surface area (Å²) < 4.78 is 44.4. The number of fused-ring (bicyclic) bond motifs is 1. The summed E-state index contributed by atoms with van der Waals surface area (Å²) in [6.45, 7) is 1.51. The molecule has 0 saturated heterocycles. The van der Waals surface area contributed by atoms with Gasteiger partial charge in [0.2, 0.25) is 0 Å². The van der Waals surface area contributed by atoms with Crippen molar-refractivity contribution in [3.63, 3.8) is 0 Å². The molecule has 0 aliphatic heterocycles. The third-order valence-electron chi connectivity index (χ3n) is 4.54. The van der Waals surface area contributed by atoms with Gasteiger partial charge in [-0.3, -0.25) is 0 Å². The van der Waals surface area contributed by atoms with E-state index in [0.717, 1.165) is 13.0 Å². The molecule has 0 aliphatic carbocycles. The number of benzene rings is 2. The first-order valence-electron chi connectivity index (χ1n) is 9.68. The van der Waals surface area contributed by atoms with Gasteiger partial charge in [0.05, 0.1) is 27.8 Å². The van der Waals surface area contributed by atoms with Gasteiger partial charge in [-0.1, -0.05) is 11.6 Å². The lowest BCUT2D eigenvalue weighted by Gasteiger charge is -2.11. The Labute approximate surface area is 186 Å². The van der Waals surface area contributed by atoms with Crippen LogP contribution in [0.5, 0.6) is 0 Å². The number of nitrogens with one attached hydrogen (secondary N) is 1. The smallest absolute Gasteiger partial charge is 0.180 e. The maximum atomic E-state index is 13.4. The number of anilines is 2. The molecule has 0 fully saturated rings. The molecule has 1 N–H and O–H groups in total. The number of rotatable bonds is 10. The van der Waals surface area contributed by atoms with Crippen molar-refractivity contribution in [1.29, 1.82) is 0 Å². The summed E-state index contributed by atoms with van der Waals surface area (Å²) in [4.78, 5) is 10.6. The van der Waals surface area contributed by atoms with Crippen molar-refractivity contribution in [3.05, 3.63) is 53.6 Å². The van der Waals surface area contributed by atoms with E-state index in [9.17, 15) is 12.8 Å². The van der Waals surface area contributed by atoms with Crippen molar-refractivity contribution >= 4 is 43.8 Å². The molecule has 0 amide bonds. The molecule has 3 aromatic rings. The molecule has 7 nitrogen and oxygen atoms in total. The lowest BCUT2D eigenvalue weighted by Crippen LogP contribution is -2.17. The monoisotopic (exact) mass is 466 g/mol. The summed E-state index contributed by atoms with van der Waals surface area (Å²) in [5, 5.41) is 3.54. The average molecular weight is 467 g/mol. The molecule has 0 spiro atoms. The van der Waals surface area contributed by atoms with Crippen molar-refractivity contribution in [1.82, 2.24) is 14.9 Å². The first-order chi connectivity index (χ1) is 14.8. The molecule has 3 rings (SSSR count). The van der Waals surface area contributed by atoms with E-state index in [1.54, 1.807) is 6.07 Å². The van der Waals surface area contributed by atoms with Crippen LogP contribution in [0.25, 0.3) is 10.9 Å². The molecule has 0 atom stereocenters. The lowest BCUT2D eigenvalue weighted by molar-refractivity contribution is 0.139. The largest absolute Gasteiger partial charge is 0.380 e. The Morgan fingerprint density at radius 1 is 1.13 bits per heavy atom. The zero-order valence-corrected chi connectivity index (χ0v) is 18.9. The maximum absolute atomic E-state index is 13.4. The van der Waals surface area contributed by atoms with Crippen LogP contribution in [0, 0.1) is 5.82 Å². The van der Waals surface area contributed by atoms with E-state index in [-0.39, 0.29) is 22.3 Å². The number of hydrogen-bond acceptors (Lipinski definition) is 7. The molecule has 0 aliphatic rings. The molecule has 0 bridgehead atoms. The van der Waals surface area contributed by atoms with E-state index in [2.05, 4.69) is 15.3 Å². The molecule has 1 heterocycles. The minimum absolute atomic E-state index is 0.0304. The van der Waals surface area contributed by atoms with Crippen molar-refractivity contribution < 1.29 is 17.5 Å². The Balaban J connectivity index is 1.76. The predicted octanol–water partition coefficient (Wildman–Crippen LogP) is 3.91. The molecule has 31 heavy (non-hydrogen) atoms. The van der Waals surface area contributed by atoms with E-state index >= 15 is 0 Å². The van der Waals surface area contributed by atoms with Gasteiger partial charge in [0.25, 0.3) is 0 Å². The molecular weight excluding hydrogens is 443 g/mol. The quantitative estimate of drug-likeness (QED) is 0.453. The number of ether oxygens (including phenoxy) is 1. The second kappa shape index (κ2) is 10.3. The van der Waals surface area contributed by atoms with Gasteiger partial charge in [-0.05, 0) is 63.5 Å². The van der Waals surface area contributed by atoms with Crippen LogP contribution in [0.2, 0.25) is 5.02 Å². The summed E-state index contributed by atoms with van der Waals surface area (Å²) in [5.74, 6) is -0.258. The van der Waals surface area contributed by atoms with Gasteiger partial charge in [0.15, 0.2) is 9.84 Å². The standard InChI is InChI=1S/C21H24ClFN4O3S/c1-27(2)8-3-9-30-10-11-31(28,29)16-5-7-20-17(13-16)21(25-14-24-20)26-15-4-6-19(23)18(22)12-15/h4-7,12-14H,3,8-11H2,1-2H3,(H,24,25,26). The number of sulfone groups is 1. The summed E-state index contributed by atoms with van der Waals surface area (Å²) >= 11 is 5.84. The summed E-state index contributed by atoms with van der Waals surface area (Å²) in [6.07, 6.45) is 2.20. The van der Waals surface area contributed by atoms with Gasteiger partial charge in [-0.15, -0.1) is 0 Å². The molecule has 2 aromatic carbocycles. The highest BCUT2D eigenvalue weighted by molar-refractivity contribution is 7.91. The van der Waals surface area contributed by atoms with Crippen LogP contribution in [0.1, 0.15) is 6.42 Å². The molecule has 10 heteroatoms. The Kier molecular flexibility index (Phi) is 7.77. The van der Waals surface area contributed by atoms with Crippen LogP contribution >= 0.6 is 11.6 Å². The third kappa shape index (κ3) is 6.33. The minimum atomic E-state index is -3.55. The van der Waals surface area contributed by atoms with Crippen LogP contribution in [-0.2, 0) is 14.6 Å². The molecule has 0 saturated carbocycles. The Bertz CT molecular complexity index is 1160. The topological polar surface area (TPSA) is 84.4 Å². The van der Waals surface area contributed by atoms with Crippen molar-refractivity contribution in [2.24, 2.45) is 0 Å². The Hall–Kier alpha value is -2.33. The fourth-order valence-electron chi connectivity index (χ4n) is 2.91. The first-order valence-corrected chi connectivity index (χ1v) is 11.7. The number of halogens is 2.